The fourth-order valence-corrected chi connectivity index (χ4v) is 6.18. The monoisotopic (exact) mass is 561 g/mol. The van der Waals surface area contributed by atoms with Crippen LogP contribution in [0.25, 0.3) is 0 Å². The number of hydrogen-bond donors (Lipinski definition) is 1. The number of carbonyl (C=O) groups is 2. The summed E-state index contributed by atoms with van der Waals surface area (Å²) in [6.45, 7) is 0.857. The van der Waals surface area contributed by atoms with Gasteiger partial charge in [-0.25, -0.2) is 8.42 Å². The normalized spacial score (nSPS) is 14.3. The number of aliphatic hydroxyl groups is 1. The predicted octanol–water partition coefficient (Wildman–Crippen LogP) is 2.13. The minimum atomic E-state index is -4.52. The lowest BCUT2D eigenvalue weighted by atomic mass is 10.1. The first-order chi connectivity index (χ1) is 17.9. The Morgan fingerprint density at radius 1 is 0.816 bits per heavy atom. The number of ether oxygens (including phenoxy) is 1. The van der Waals surface area contributed by atoms with Gasteiger partial charge in [0.25, 0.3) is 11.8 Å². The maximum atomic E-state index is 12.9. The van der Waals surface area contributed by atoms with Crippen LogP contribution in [0.15, 0.2) is 76.5 Å². The van der Waals surface area contributed by atoms with Gasteiger partial charge in [0.15, 0.2) is 9.84 Å². The van der Waals surface area contributed by atoms with Gasteiger partial charge in [-0.05, 0) is 48.9 Å². The van der Waals surface area contributed by atoms with Crippen LogP contribution < -0.4 is 8.92 Å². The molecule has 0 saturated carbocycles. The molecule has 1 unspecified atom stereocenters. The Morgan fingerprint density at radius 3 is 2.08 bits per heavy atom. The van der Waals surface area contributed by atoms with Gasteiger partial charge in [0.2, 0.25) is 0 Å². The molecule has 200 valence electrons. The van der Waals surface area contributed by atoms with Crippen molar-refractivity contribution in [3.63, 3.8) is 0 Å². The van der Waals surface area contributed by atoms with Crippen LogP contribution >= 0.6 is 0 Å². The minimum Gasteiger partial charge on any atom is -0.491 e. The molecule has 0 bridgehead atoms. The second-order valence-electron chi connectivity index (χ2n) is 8.45. The maximum Gasteiger partial charge on any atom is 0.340 e. The molecule has 0 aromatic heterocycles. The first-order valence-corrected chi connectivity index (χ1v) is 14.4. The Balaban J connectivity index is 1.38. The number of fused-ring (bicyclic) bond motifs is 1. The highest BCUT2D eigenvalue weighted by Gasteiger charge is 2.36. The first kappa shape index (κ1) is 27.3. The van der Waals surface area contributed by atoms with E-state index >= 15 is 0 Å². The molecule has 1 atom stereocenters. The van der Waals surface area contributed by atoms with Crippen molar-refractivity contribution in [2.75, 3.05) is 19.5 Å². The number of aryl methyl sites for hydroxylation is 1. The summed E-state index contributed by atoms with van der Waals surface area (Å²) >= 11 is 0. The van der Waals surface area contributed by atoms with E-state index in [1.165, 1.54) is 54.6 Å². The third-order valence-corrected chi connectivity index (χ3v) is 7.95. The van der Waals surface area contributed by atoms with E-state index < -0.39 is 54.3 Å². The van der Waals surface area contributed by atoms with Crippen molar-refractivity contribution in [3.8, 4) is 11.5 Å². The molecule has 0 saturated heterocycles. The molecule has 0 aliphatic carbocycles. The van der Waals surface area contributed by atoms with E-state index in [1.54, 1.807) is 19.1 Å². The predicted molar refractivity (Wildman–Crippen MR) is 133 cm³/mol. The van der Waals surface area contributed by atoms with Crippen LogP contribution in [-0.4, -0.2) is 64.4 Å². The SMILES string of the molecule is Cc1ccc(S(C)(=O)=O)c(S(=O)(=O)Oc2cccc(OCC(O)CON3C(=O)c4ccccc4C3=O)c2)c1. The molecular formula is C25H23NO10S2. The number of benzene rings is 3. The maximum absolute atomic E-state index is 12.9. The van der Waals surface area contributed by atoms with Crippen molar-refractivity contribution in [2.45, 2.75) is 22.8 Å². The highest BCUT2D eigenvalue weighted by molar-refractivity contribution is 7.92. The highest BCUT2D eigenvalue weighted by Crippen LogP contribution is 2.28. The lowest BCUT2D eigenvalue weighted by Crippen LogP contribution is -2.35. The molecule has 1 heterocycles. The molecule has 0 radical (unpaired) electrons. The summed E-state index contributed by atoms with van der Waals surface area (Å²) in [6.07, 6.45) is -0.355. The topological polar surface area (TPSA) is 154 Å². The summed E-state index contributed by atoms with van der Waals surface area (Å²) in [4.78, 5) is 28.9. The number of hydroxylamine groups is 2. The lowest BCUT2D eigenvalue weighted by molar-refractivity contribution is -0.120. The second kappa shape index (κ2) is 10.5. The van der Waals surface area contributed by atoms with Crippen molar-refractivity contribution < 1.29 is 45.3 Å². The molecule has 0 spiro atoms. The molecule has 13 heteroatoms. The Hall–Kier alpha value is -3.78. The number of aliphatic hydroxyl groups excluding tert-OH is 1. The van der Waals surface area contributed by atoms with E-state index in [4.69, 9.17) is 13.8 Å². The van der Waals surface area contributed by atoms with E-state index in [0.717, 1.165) is 6.26 Å². The molecule has 38 heavy (non-hydrogen) atoms. The van der Waals surface area contributed by atoms with Crippen LogP contribution in [0, 0.1) is 6.92 Å². The molecule has 4 rings (SSSR count). The van der Waals surface area contributed by atoms with Gasteiger partial charge in [-0.3, -0.25) is 14.4 Å². The van der Waals surface area contributed by atoms with Crippen LogP contribution in [0.4, 0.5) is 0 Å². The minimum absolute atomic E-state index is 0.130. The Labute approximate surface area is 219 Å². The van der Waals surface area contributed by atoms with Gasteiger partial charge >= 0.3 is 10.1 Å². The van der Waals surface area contributed by atoms with Gasteiger partial charge in [-0.15, -0.1) is 5.06 Å². The Kier molecular flexibility index (Phi) is 7.56. The standard InChI is InChI=1S/C25H23NO10S2/c1-16-10-11-22(37(2,30)31)23(12-16)38(32,33)36-19-7-5-6-18(13-19)34-14-17(27)15-35-26-24(28)20-8-3-4-9-21(20)25(26)29/h3-13,17,27H,14-15H2,1-2H3. The Bertz CT molecular complexity index is 1580. The zero-order valence-corrected chi connectivity index (χ0v) is 21.9. The smallest absolute Gasteiger partial charge is 0.340 e. The van der Waals surface area contributed by atoms with Crippen LogP contribution in [0.5, 0.6) is 11.5 Å². The number of sulfone groups is 1. The summed E-state index contributed by atoms with van der Waals surface area (Å²) < 4.78 is 60.6. The summed E-state index contributed by atoms with van der Waals surface area (Å²) in [5, 5.41) is 10.8. The zero-order valence-electron chi connectivity index (χ0n) is 20.2. The van der Waals surface area contributed by atoms with Crippen molar-refractivity contribution >= 4 is 31.8 Å². The van der Waals surface area contributed by atoms with Crippen LogP contribution in [-0.2, 0) is 24.8 Å². The van der Waals surface area contributed by atoms with Crippen molar-refractivity contribution in [1.29, 1.82) is 0 Å². The molecule has 1 N–H and O–H groups in total. The lowest BCUT2D eigenvalue weighted by Gasteiger charge is -2.17. The van der Waals surface area contributed by atoms with Gasteiger partial charge in [0.05, 0.1) is 16.0 Å². The first-order valence-electron chi connectivity index (χ1n) is 11.1. The summed E-state index contributed by atoms with van der Waals surface area (Å²) in [5.74, 6) is -1.31. The third-order valence-electron chi connectivity index (χ3n) is 5.37. The fourth-order valence-electron chi connectivity index (χ4n) is 3.59. The molecule has 1 aliphatic heterocycles. The van der Waals surface area contributed by atoms with E-state index in [0.29, 0.717) is 10.6 Å². The molecule has 3 aromatic rings. The molecule has 3 aromatic carbocycles. The molecule has 0 fully saturated rings. The van der Waals surface area contributed by atoms with Crippen LogP contribution in [0.1, 0.15) is 26.3 Å². The van der Waals surface area contributed by atoms with Crippen molar-refractivity contribution in [3.05, 3.63) is 83.4 Å². The summed E-state index contributed by atoms with van der Waals surface area (Å²) in [6, 6.07) is 15.6. The number of rotatable bonds is 10. The number of hydrogen-bond acceptors (Lipinski definition) is 10. The van der Waals surface area contributed by atoms with Gasteiger partial charge in [0, 0.05) is 12.3 Å². The van der Waals surface area contributed by atoms with Crippen molar-refractivity contribution in [1.82, 2.24) is 5.06 Å². The zero-order chi connectivity index (χ0) is 27.7. The largest absolute Gasteiger partial charge is 0.491 e. The average Bonchev–Trinajstić information content (AvgIpc) is 3.10. The second-order valence-corrected chi connectivity index (χ2v) is 11.9. The third kappa shape index (κ3) is 5.86. The quantitative estimate of drug-likeness (QED) is 0.288. The van der Waals surface area contributed by atoms with Gasteiger partial charge in [-0.1, -0.05) is 24.3 Å². The van der Waals surface area contributed by atoms with Crippen LogP contribution in [0.3, 0.4) is 0 Å². The molecule has 1 aliphatic rings. The average molecular weight is 562 g/mol. The summed E-state index contributed by atoms with van der Waals surface area (Å²) in [5.41, 5.74) is 0.919. The van der Waals surface area contributed by atoms with E-state index in [1.807, 2.05) is 0 Å². The highest BCUT2D eigenvalue weighted by atomic mass is 32.2. The van der Waals surface area contributed by atoms with E-state index in [9.17, 15) is 31.5 Å². The van der Waals surface area contributed by atoms with Gasteiger partial charge in [-0.2, -0.15) is 8.42 Å². The Morgan fingerprint density at radius 2 is 1.45 bits per heavy atom. The van der Waals surface area contributed by atoms with Gasteiger partial charge in [0.1, 0.15) is 35.7 Å². The molecular weight excluding hydrogens is 538 g/mol. The molecule has 11 nitrogen and oxygen atoms in total. The molecule has 2 amide bonds. The number of amides is 2. The van der Waals surface area contributed by atoms with E-state index in [-0.39, 0.29) is 29.2 Å². The number of nitrogens with zero attached hydrogens (tertiary/aromatic N) is 1. The number of imide groups is 1. The van der Waals surface area contributed by atoms with Crippen LogP contribution in [0.2, 0.25) is 0 Å². The van der Waals surface area contributed by atoms with E-state index in [2.05, 4.69) is 0 Å². The fraction of sp³-hybridized carbons (Fsp3) is 0.200. The van der Waals surface area contributed by atoms with Gasteiger partial charge < -0.3 is 14.0 Å². The van der Waals surface area contributed by atoms with Crippen molar-refractivity contribution in [2.24, 2.45) is 0 Å². The number of carbonyl (C=O) groups excluding carboxylic acids is 2. The summed E-state index contributed by atoms with van der Waals surface area (Å²) in [7, 11) is -8.38.